The van der Waals surface area contributed by atoms with Gasteiger partial charge in [-0.15, -0.1) is 6.58 Å². The van der Waals surface area contributed by atoms with Crippen molar-refractivity contribution in [3.63, 3.8) is 0 Å². The van der Waals surface area contributed by atoms with E-state index in [-0.39, 0.29) is 12.3 Å². The van der Waals surface area contributed by atoms with Gasteiger partial charge in [0.1, 0.15) is 0 Å². The van der Waals surface area contributed by atoms with Gasteiger partial charge in [-0.25, -0.2) is 4.79 Å². The molecule has 0 unspecified atom stereocenters. The Bertz CT molecular complexity index is 446. The molecule has 88 valence electrons. The zero-order valence-corrected chi connectivity index (χ0v) is 9.22. The van der Waals surface area contributed by atoms with Gasteiger partial charge in [0.15, 0.2) is 0 Å². The Kier molecular flexibility index (Phi) is 4.69. The van der Waals surface area contributed by atoms with Crippen LogP contribution in [-0.2, 0) is 9.59 Å². The highest BCUT2D eigenvalue weighted by molar-refractivity contribution is 5.91. The topological polar surface area (TPSA) is 66.4 Å². The second-order valence-electron chi connectivity index (χ2n) is 3.33. The third-order valence-electron chi connectivity index (χ3n) is 1.94. The highest BCUT2D eigenvalue weighted by Gasteiger charge is 1.98. The van der Waals surface area contributed by atoms with Gasteiger partial charge in [-0.3, -0.25) is 4.79 Å². The molecule has 1 rings (SSSR count). The summed E-state index contributed by atoms with van der Waals surface area (Å²) in [5, 5.41) is 11.1. The van der Waals surface area contributed by atoms with Crippen molar-refractivity contribution < 1.29 is 14.7 Å². The number of carbonyl (C=O) groups is 2. The molecular formula is C13H13NO3. The SMILES string of the molecule is C=CCC(=O)Nc1ccc(C=CC(=O)O)cc1. The molecule has 0 aliphatic carbocycles. The molecule has 0 fully saturated rings. The van der Waals surface area contributed by atoms with E-state index in [2.05, 4.69) is 11.9 Å². The summed E-state index contributed by atoms with van der Waals surface area (Å²) < 4.78 is 0. The first kappa shape index (κ1) is 12.7. The van der Waals surface area contributed by atoms with Crippen molar-refractivity contribution in [1.82, 2.24) is 0 Å². The minimum atomic E-state index is -0.992. The number of hydrogen-bond acceptors (Lipinski definition) is 2. The summed E-state index contributed by atoms with van der Waals surface area (Å²) in [6.45, 7) is 3.47. The van der Waals surface area contributed by atoms with Crippen molar-refractivity contribution in [2.75, 3.05) is 5.32 Å². The van der Waals surface area contributed by atoms with Gasteiger partial charge in [0.25, 0.3) is 0 Å². The van der Waals surface area contributed by atoms with Gasteiger partial charge in [0.05, 0.1) is 0 Å². The lowest BCUT2D eigenvalue weighted by atomic mass is 10.2. The van der Waals surface area contributed by atoms with Gasteiger partial charge in [0.2, 0.25) is 5.91 Å². The number of carboxylic acid groups (broad SMARTS) is 1. The minimum absolute atomic E-state index is 0.131. The summed E-state index contributed by atoms with van der Waals surface area (Å²) in [6, 6.07) is 6.87. The van der Waals surface area contributed by atoms with Crippen LogP contribution in [0.3, 0.4) is 0 Å². The molecular weight excluding hydrogens is 218 g/mol. The van der Waals surface area contributed by atoms with Crippen LogP contribution in [-0.4, -0.2) is 17.0 Å². The number of carboxylic acids is 1. The Hall–Kier alpha value is -2.36. The fourth-order valence-electron chi connectivity index (χ4n) is 1.19. The number of hydrogen-bond donors (Lipinski definition) is 2. The smallest absolute Gasteiger partial charge is 0.328 e. The largest absolute Gasteiger partial charge is 0.478 e. The lowest BCUT2D eigenvalue weighted by Gasteiger charge is -2.03. The molecule has 17 heavy (non-hydrogen) atoms. The Morgan fingerprint density at radius 3 is 2.47 bits per heavy atom. The Morgan fingerprint density at radius 2 is 1.94 bits per heavy atom. The number of nitrogens with one attached hydrogen (secondary N) is 1. The van der Waals surface area contributed by atoms with Crippen molar-refractivity contribution in [3.8, 4) is 0 Å². The van der Waals surface area contributed by atoms with E-state index in [1.807, 2.05) is 0 Å². The lowest BCUT2D eigenvalue weighted by Crippen LogP contribution is -2.09. The molecule has 0 bridgehead atoms. The van der Waals surface area contributed by atoms with E-state index in [0.29, 0.717) is 5.69 Å². The standard InChI is InChI=1S/C13H13NO3/c1-2-3-12(15)14-11-7-4-10(5-8-11)6-9-13(16)17/h2,4-9H,1,3H2,(H,14,15)(H,16,17). The molecule has 2 N–H and O–H groups in total. The maximum absolute atomic E-state index is 11.2. The first-order valence-electron chi connectivity index (χ1n) is 5.03. The quantitative estimate of drug-likeness (QED) is 0.603. The van der Waals surface area contributed by atoms with Crippen molar-refractivity contribution in [3.05, 3.63) is 48.6 Å². The van der Waals surface area contributed by atoms with E-state index in [0.717, 1.165) is 11.6 Å². The second-order valence-corrected chi connectivity index (χ2v) is 3.33. The van der Waals surface area contributed by atoms with Crippen LogP contribution in [0.5, 0.6) is 0 Å². The van der Waals surface area contributed by atoms with Gasteiger partial charge < -0.3 is 10.4 Å². The molecule has 4 nitrogen and oxygen atoms in total. The summed E-state index contributed by atoms with van der Waals surface area (Å²) in [6.07, 6.45) is 4.34. The van der Waals surface area contributed by atoms with Crippen molar-refractivity contribution in [2.45, 2.75) is 6.42 Å². The van der Waals surface area contributed by atoms with Crippen LogP contribution < -0.4 is 5.32 Å². The van der Waals surface area contributed by atoms with Crippen LogP contribution in [0.25, 0.3) is 6.08 Å². The second kappa shape index (κ2) is 6.27. The molecule has 4 heteroatoms. The van der Waals surface area contributed by atoms with E-state index in [9.17, 15) is 9.59 Å². The van der Waals surface area contributed by atoms with Gasteiger partial charge in [-0.2, -0.15) is 0 Å². The minimum Gasteiger partial charge on any atom is -0.478 e. The zero-order chi connectivity index (χ0) is 12.7. The fourth-order valence-corrected chi connectivity index (χ4v) is 1.19. The average Bonchev–Trinajstić information content (AvgIpc) is 2.28. The van der Waals surface area contributed by atoms with E-state index in [1.54, 1.807) is 24.3 Å². The molecule has 0 aromatic heterocycles. The van der Waals surface area contributed by atoms with Crippen LogP contribution in [0.15, 0.2) is 43.0 Å². The van der Waals surface area contributed by atoms with E-state index < -0.39 is 5.97 Å². The molecule has 0 saturated heterocycles. The monoisotopic (exact) mass is 231 g/mol. The predicted molar refractivity (Wildman–Crippen MR) is 66.6 cm³/mol. The average molecular weight is 231 g/mol. The third kappa shape index (κ3) is 4.79. The summed E-state index contributed by atoms with van der Waals surface area (Å²) >= 11 is 0. The molecule has 1 aromatic rings. The van der Waals surface area contributed by atoms with Crippen LogP contribution in [0, 0.1) is 0 Å². The van der Waals surface area contributed by atoms with Crippen LogP contribution in [0.2, 0.25) is 0 Å². The van der Waals surface area contributed by atoms with Gasteiger partial charge in [-0.1, -0.05) is 18.2 Å². The van der Waals surface area contributed by atoms with Crippen LogP contribution >= 0.6 is 0 Å². The molecule has 0 aliphatic rings. The highest BCUT2D eigenvalue weighted by Crippen LogP contribution is 2.11. The van der Waals surface area contributed by atoms with Gasteiger partial charge in [-0.05, 0) is 23.8 Å². The molecule has 0 saturated carbocycles. The number of rotatable bonds is 5. The molecule has 0 atom stereocenters. The zero-order valence-electron chi connectivity index (χ0n) is 9.22. The predicted octanol–water partition coefficient (Wildman–Crippen LogP) is 2.30. The van der Waals surface area contributed by atoms with Gasteiger partial charge in [0, 0.05) is 18.2 Å². The Balaban J connectivity index is 2.64. The molecule has 0 spiro atoms. The van der Waals surface area contributed by atoms with E-state index in [4.69, 9.17) is 5.11 Å². The summed E-state index contributed by atoms with van der Waals surface area (Å²) in [5.41, 5.74) is 1.43. The van der Waals surface area contributed by atoms with Gasteiger partial charge >= 0.3 is 5.97 Å². The van der Waals surface area contributed by atoms with E-state index >= 15 is 0 Å². The fraction of sp³-hybridized carbons (Fsp3) is 0.0769. The number of anilines is 1. The molecule has 0 aliphatic heterocycles. The molecule has 1 aromatic carbocycles. The van der Waals surface area contributed by atoms with Crippen LogP contribution in [0.1, 0.15) is 12.0 Å². The first-order chi connectivity index (χ1) is 8.11. The number of amides is 1. The van der Waals surface area contributed by atoms with Crippen LogP contribution in [0.4, 0.5) is 5.69 Å². The maximum atomic E-state index is 11.2. The number of aliphatic carboxylic acids is 1. The lowest BCUT2D eigenvalue weighted by molar-refractivity contribution is -0.131. The molecule has 0 heterocycles. The first-order valence-corrected chi connectivity index (χ1v) is 5.03. The highest BCUT2D eigenvalue weighted by atomic mass is 16.4. The summed E-state index contributed by atoms with van der Waals surface area (Å²) in [4.78, 5) is 21.5. The molecule has 1 amide bonds. The Morgan fingerprint density at radius 1 is 1.29 bits per heavy atom. The maximum Gasteiger partial charge on any atom is 0.328 e. The van der Waals surface area contributed by atoms with Crippen molar-refractivity contribution in [1.29, 1.82) is 0 Å². The third-order valence-corrected chi connectivity index (χ3v) is 1.94. The van der Waals surface area contributed by atoms with Crippen molar-refractivity contribution in [2.24, 2.45) is 0 Å². The van der Waals surface area contributed by atoms with E-state index in [1.165, 1.54) is 12.2 Å². The summed E-state index contributed by atoms with van der Waals surface area (Å²) in [7, 11) is 0. The Labute approximate surface area is 99.3 Å². The number of benzene rings is 1. The summed E-state index contributed by atoms with van der Waals surface area (Å²) in [5.74, 6) is -1.12. The number of carbonyl (C=O) groups excluding carboxylic acids is 1. The molecule has 0 radical (unpaired) electrons. The van der Waals surface area contributed by atoms with Crippen molar-refractivity contribution >= 4 is 23.6 Å². The normalized spacial score (nSPS) is 10.1.